The second kappa shape index (κ2) is 11.1. The number of amides is 1. The molecular formula is C26H39N5O. The predicted molar refractivity (Wildman–Crippen MR) is 128 cm³/mol. The van der Waals surface area contributed by atoms with Crippen LogP contribution in [0.1, 0.15) is 49.4 Å². The Morgan fingerprint density at radius 1 is 1.03 bits per heavy atom. The van der Waals surface area contributed by atoms with E-state index in [2.05, 4.69) is 68.7 Å². The van der Waals surface area contributed by atoms with E-state index in [4.69, 9.17) is 0 Å². The summed E-state index contributed by atoms with van der Waals surface area (Å²) in [6.07, 6.45) is 6.24. The summed E-state index contributed by atoms with van der Waals surface area (Å²) in [6.45, 7) is 13.2. The van der Waals surface area contributed by atoms with Gasteiger partial charge in [0.15, 0.2) is 0 Å². The number of aryl methyl sites for hydroxylation is 1. The van der Waals surface area contributed by atoms with Crippen LogP contribution in [0.2, 0.25) is 0 Å². The van der Waals surface area contributed by atoms with Crippen molar-refractivity contribution >= 4 is 5.91 Å². The molecule has 3 heterocycles. The number of hydrogen-bond acceptors (Lipinski definition) is 4. The van der Waals surface area contributed by atoms with Gasteiger partial charge in [0.2, 0.25) is 5.91 Å². The second-order valence-corrected chi connectivity index (χ2v) is 9.50. The van der Waals surface area contributed by atoms with E-state index in [9.17, 15) is 4.79 Å². The molecule has 1 aromatic carbocycles. The Balaban J connectivity index is 1.18. The number of carbonyl (C=O) groups excluding carboxylic acids is 1. The Hall–Kier alpha value is -2.18. The van der Waals surface area contributed by atoms with Crippen molar-refractivity contribution in [1.82, 2.24) is 24.5 Å². The van der Waals surface area contributed by atoms with Gasteiger partial charge < -0.3 is 4.90 Å². The number of piperazine rings is 1. The third-order valence-electron chi connectivity index (χ3n) is 7.24. The van der Waals surface area contributed by atoms with E-state index >= 15 is 0 Å². The molecule has 6 heteroatoms. The molecule has 2 aromatic rings. The zero-order valence-electron chi connectivity index (χ0n) is 19.9. The molecular weight excluding hydrogens is 398 g/mol. The third-order valence-corrected chi connectivity index (χ3v) is 7.24. The Morgan fingerprint density at radius 3 is 2.53 bits per heavy atom. The lowest BCUT2D eigenvalue weighted by Gasteiger charge is -2.36. The quantitative estimate of drug-likeness (QED) is 0.634. The summed E-state index contributed by atoms with van der Waals surface area (Å²) >= 11 is 0. The van der Waals surface area contributed by atoms with E-state index in [1.165, 1.54) is 29.7 Å². The van der Waals surface area contributed by atoms with E-state index in [0.29, 0.717) is 18.2 Å². The van der Waals surface area contributed by atoms with Crippen molar-refractivity contribution in [2.75, 3.05) is 39.3 Å². The fourth-order valence-electron chi connectivity index (χ4n) is 5.21. The predicted octanol–water partition coefficient (Wildman–Crippen LogP) is 3.55. The minimum absolute atomic E-state index is 0.349. The van der Waals surface area contributed by atoms with Crippen LogP contribution >= 0.6 is 0 Å². The first kappa shape index (κ1) is 23.0. The lowest BCUT2D eigenvalue weighted by Crippen LogP contribution is -2.48. The van der Waals surface area contributed by atoms with Crippen LogP contribution in [0.5, 0.6) is 0 Å². The molecule has 174 valence electrons. The third kappa shape index (κ3) is 5.99. The number of hydrogen-bond donors (Lipinski definition) is 0. The standard InChI is InChI=1S/C26H39N5O/c1-3-31-22(2)25(18-27-31)21-29-13-7-10-24(20-29)11-12-26(32)30-16-14-28(15-17-30)19-23-8-5-4-6-9-23/h4-6,8-9,18,24H,3,7,10-17,19-21H2,1-2H3/t24-/m1/s1. The number of benzene rings is 1. The van der Waals surface area contributed by atoms with Gasteiger partial charge in [-0.3, -0.25) is 19.3 Å². The van der Waals surface area contributed by atoms with Gasteiger partial charge in [-0.2, -0.15) is 5.10 Å². The minimum Gasteiger partial charge on any atom is -0.340 e. The topological polar surface area (TPSA) is 44.6 Å². The molecule has 0 spiro atoms. The van der Waals surface area contributed by atoms with Crippen molar-refractivity contribution in [3.8, 4) is 0 Å². The van der Waals surface area contributed by atoms with Gasteiger partial charge in [0.1, 0.15) is 0 Å². The number of piperidine rings is 1. The van der Waals surface area contributed by atoms with Crippen molar-refractivity contribution in [2.45, 2.75) is 59.2 Å². The second-order valence-electron chi connectivity index (χ2n) is 9.50. The molecule has 0 saturated carbocycles. The van der Waals surface area contributed by atoms with Gasteiger partial charge in [-0.25, -0.2) is 0 Å². The average molecular weight is 438 g/mol. The lowest BCUT2D eigenvalue weighted by atomic mass is 9.93. The summed E-state index contributed by atoms with van der Waals surface area (Å²) in [7, 11) is 0. The summed E-state index contributed by atoms with van der Waals surface area (Å²) < 4.78 is 2.08. The largest absolute Gasteiger partial charge is 0.340 e. The first-order valence-electron chi connectivity index (χ1n) is 12.4. The summed E-state index contributed by atoms with van der Waals surface area (Å²) in [5.74, 6) is 0.982. The molecule has 2 fully saturated rings. The molecule has 0 N–H and O–H groups in total. The van der Waals surface area contributed by atoms with E-state index in [1.807, 2.05) is 6.20 Å². The fourth-order valence-corrected chi connectivity index (χ4v) is 5.21. The SMILES string of the molecule is CCn1ncc(CN2CCC[C@H](CCC(=O)N3CCN(Cc4ccccc4)CC3)C2)c1C. The molecule has 32 heavy (non-hydrogen) atoms. The van der Waals surface area contributed by atoms with Crippen molar-refractivity contribution < 1.29 is 4.79 Å². The van der Waals surface area contributed by atoms with Gasteiger partial charge in [0.25, 0.3) is 0 Å². The van der Waals surface area contributed by atoms with Crippen molar-refractivity contribution in [2.24, 2.45) is 5.92 Å². The molecule has 2 aliphatic heterocycles. The molecule has 0 aliphatic carbocycles. The van der Waals surface area contributed by atoms with E-state index < -0.39 is 0 Å². The number of rotatable bonds is 8. The van der Waals surface area contributed by atoms with Crippen molar-refractivity contribution in [3.63, 3.8) is 0 Å². The molecule has 2 saturated heterocycles. The average Bonchev–Trinajstić information content (AvgIpc) is 3.18. The molecule has 4 rings (SSSR count). The van der Waals surface area contributed by atoms with Crippen LogP contribution in [0.4, 0.5) is 0 Å². The van der Waals surface area contributed by atoms with Gasteiger partial charge in [-0.1, -0.05) is 30.3 Å². The first-order chi connectivity index (χ1) is 15.6. The molecule has 1 atom stereocenters. The lowest BCUT2D eigenvalue weighted by molar-refractivity contribution is -0.133. The van der Waals surface area contributed by atoms with Gasteiger partial charge in [0.05, 0.1) is 6.20 Å². The Bertz CT molecular complexity index is 856. The van der Waals surface area contributed by atoms with Gasteiger partial charge in [0, 0.05) is 70.0 Å². The summed E-state index contributed by atoms with van der Waals surface area (Å²) in [4.78, 5) is 19.9. The first-order valence-corrected chi connectivity index (χ1v) is 12.4. The van der Waals surface area contributed by atoms with E-state index in [-0.39, 0.29) is 0 Å². The van der Waals surface area contributed by atoms with E-state index in [0.717, 1.165) is 65.3 Å². The van der Waals surface area contributed by atoms with Gasteiger partial charge >= 0.3 is 0 Å². The van der Waals surface area contributed by atoms with Crippen LogP contribution in [0.15, 0.2) is 36.5 Å². The normalized spacial score (nSPS) is 20.6. The van der Waals surface area contributed by atoms with Gasteiger partial charge in [-0.15, -0.1) is 0 Å². The highest BCUT2D eigenvalue weighted by Gasteiger charge is 2.25. The molecule has 0 bridgehead atoms. The van der Waals surface area contributed by atoms with E-state index in [1.54, 1.807) is 0 Å². The summed E-state index contributed by atoms with van der Waals surface area (Å²) in [6, 6.07) is 10.6. The number of nitrogens with zero attached hydrogens (tertiary/aromatic N) is 5. The van der Waals surface area contributed by atoms with Crippen molar-refractivity contribution in [3.05, 3.63) is 53.3 Å². The molecule has 1 amide bonds. The highest BCUT2D eigenvalue weighted by atomic mass is 16.2. The summed E-state index contributed by atoms with van der Waals surface area (Å²) in [5.41, 5.74) is 3.99. The van der Waals surface area contributed by atoms with Crippen LogP contribution < -0.4 is 0 Å². The zero-order chi connectivity index (χ0) is 22.3. The Labute approximate surface area is 193 Å². The highest BCUT2D eigenvalue weighted by molar-refractivity contribution is 5.76. The zero-order valence-corrected chi connectivity index (χ0v) is 19.9. The number of aromatic nitrogens is 2. The van der Waals surface area contributed by atoms with Crippen LogP contribution in [0.25, 0.3) is 0 Å². The molecule has 0 radical (unpaired) electrons. The van der Waals surface area contributed by atoms with Crippen molar-refractivity contribution in [1.29, 1.82) is 0 Å². The van der Waals surface area contributed by atoms with Crippen LogP contribution in [0.3, 0.4) is 0 Å². The van der Waals surface area contributed by atoms with Gasteiger partial charge in [-0.05, 0) is 51.1 Å². The smallest absolute Gasteiger partial charge is 0.222 e. The summed E-state index contributed by atoms with van der Waals surface area (Å²) in [5, 5.41) is 4.50. The Kier molecular flexibility index (Phi) is 7.98. The number of carbonyl (C=O) groups is 1. The maximum Gasteiger partial charge on any atom is 0.222 e. The molecule has 0 unspecified atom stereocenters. The minimum atomic E-state index is 0.349. The maximum atomic E-state index is 12.8. The number of likely N-dealkylation sites (tertiary alicyclic amines) is 1. The molecule has 1 aromatic heterocycles. The van der Waals surface area contributed by atoms with Crippen LogP contribution in [0, 0.1) is 12.8 Å². The fraction of sp³-hybridized carbons (Fsp3) is 0.615. The maximum absolute atomic E-state index is 12.8. The highest BCUT2D eigenvalue weighted by Crippen LogP contribution is 2.24. The van der Waals surface area contributed by atoms with Crippen LogP contribution in [-0.2, 0) is 24.4 Å². The molecule has 2 aliphatic rings. The molecule has 6 nitrogen and oxygen atoms in total. The Morgan fingerprint density at radius 2 is 1.81 bits per heavy atom. The monoisotopic (exact) mass is 437 g/mol. The van der Waals surface area contributed by atoms with Crippen LogP contribution in [-0.4, -0.2) is 69.7 Å².